The van der Waals surface area contributed by atoms with Crippen LogP contribution in [0.2, 0.25) is 0 Å². The summed E-state index contributed by atoms with van der Waals surface area (Å²) < 4.78 is 4.58. The van der Waals surface area contributed by atoms with E-state index in [1.165, 1.54) is 54.1 Å². The largest absolute Gasteiger partial charge is 0.331 e. The lowest BCUT2D eigenvalue weighted by Gasteiger charge is -2.08. The Morgan fingerprint density at radius 1 is 0.421 bits per heavy atom. The van der Waals surface area contributed by atoms with Gasteiger partial charge >= 0.3 is 0 Å². The summed E-state index contributed by atoms with van der Waals surface area (Å²) in [4.78, 5) is 10.4. The van der Waals surface area contributed by atoms with Crippen molar-refractivity contribution in [2.75, 3.05) is 0 Å². The lowest BCUT2D eigenvalue weighted by molar-refractivity contribution is 0.733. The first-order valence-corrected chi connectivity index (χ1v) is 13.2. The molecule has 4 nitrogen and oxygen atoms in total. The molecule has 2 aromatic heterocycles. The van der Waals surface area contributed by atoms with Gasteiger partial charge in [0.15, 0.2) is 0 Å². The molecule has 6 aromatic carbocycles. The summed E-state index contributed by atoms with van der Waals surface area (Å²) in [5.74, 6) is 2.17. The van der Waals surface area contributed by atoms with Crippen molar-refractivity contribution >= 4 is 65.2 Å². The van der Waals surface area contributed by atoms with Gasteiger partial charge in [-0.25, -0.2) is 9.97 Å². The van der Waals surface area contributed by atoms with E-state index in [1.54, 1.807) is 0 Å². The fourth-order valence-electron chi connectivity index (χ4n) is 6.45. The van der Waals surface area contributed by atoms with Gasteiger partial charge in [-0.2, -0.15) is 0 Å². The van der Waals surface area contributed by atoms with E-state index in [-0.39, 0.29) is 0 Å². The Morgan fingerprint density at radius 2 is 0.711 bits per heavy atom. The van der Waals surface area contributed by atoms with Crippen LogP contribution in [-0.4, -0.2) is 19.1 Å². The number of aryl methyl sites for hydroxylation is 4. The van der Waals surface area contributed by atoms with Gasteiger partial charge < -0.3 is 9.13 Å². The Bertz CT molecular complexity index is 2050. The molecule has 0 atom stereocenters. The summed E-state index contributed by atoms with van der Waals surface area (Å²) in [5.41, 5.74) is 4.57. The van der Waals surface area contributed by atoms with Crippen molar-refractivity contribution in [2.45, 2.75) is 12.8 Å². The molecule has 0 saturated heterocycles. The van der Waals surface area contributed by atoms with Crippen LogP contribution in [-0.2, 0) is 26.9 Å². The average Bonchev–Trinajstić information content (AvgIpc) is 3.49. The molecule has 182 valence electrons. The fourth-order valence-corrected chi connectivity index (χ4v) is 6.45. The zero-order chi connectivity index (χ0) is 25.4. The maximum Gasteiger partial charge on any atom is 0.110 e. The van der Waals surface area contributed by atoms with Crippen LogP contribution in [0.3, 0.4) is 0 Å². The van der Waals surface area contributed by atoms with Gasteiger partial charge in [0.2, 0.25) is 0 Å². The quantitative estimate of drug-likeness (QED) is 0.236. The third-order valence-corrected chi connectivity index (χ3v) is 8.26. The Balaban J connectivity index is 1.30. The first-order chi connectivity index (χ1) is 18.7. The standard InChI is InChI=1S/C34H26N4/c1-37-29(35-31-25-15-7-3-11-21(25)23-13-5-9-17-27(23)33(31)37)19-20-30-36-32-26-16-8-4-12-22(26)24-14-6-10-18-28(24)34(32)38(30)2/h3-18H,19-20H2,1-2H3. The molecule has 0 aliphatic rings. The average molecular weight is 491 g/mol. The van der Waals surface area contributed by atoms with E-state index < -0.39 is 0 Å². The van der Waals surface area contributed by atoms with Gasteiger partial charge in [-0.05, 0) is 21.5 Å². The van der Waals surface area contributed by atoms with E-state index in [9.17, 15) is 0 Å². The summed E-state index contributed by atoms with van der Waals surface area (Å²) >= 11 is 0. The molecule has 0 bridgehead atoms. The number of aromatic nitrogens is 4. The molecule has 0 saturated carbocycles. The second-order valence-corrected chi connectivity index (χ2v) is 10.3. The van der Waals surface area contributed by atoms with E-state index in [4.69, 9.17) is 9.97 Å². The number of rotatable bonds is 3. The minimum Gasteiger partial charge on any atom is -0.331 e. The van der Waals surface area contributed by atoms with Gasteiger partial charge in [-0.3, -0.25) is 0 Å². The summed E-state index contributed by atoms with van der Waals surface area (Å²) in [6.07, 6.45) is 1.64. The van der Waals surface area contributed by atoms with E-state index >= 15 is 0 Å². The summed E-state index contributed by atoms with van der Waals surface area (Å²) in [6.45, 7) is 0. The van der Waals surface area contributed by atoms with Crippen LogP contribution < -0.4 is 0 Å². The van der Waals surface area contributed by atoms with Crippen molar-refractivity contribution < 1.29 is 0 Å². The summed E-state index contributed by atoms with van der Waals surface area (Å²) in [5, 5.41) is 10.0. The van der Waals surface area contributed by atoms with Gasteiger partial charge in [0.25, 0.3) is 0 Å². The smallest absolute Gasteiger partial charge is 0.110 e. The molecule has 0 aliphatic carbocycles. The topological polar surface area (TPSA) is 35.6 Å². The molecule has 0 fully saturated rings. The minimum absolute atomic E-state index is 0.820. The Hall–Kier alpha value is -4.70. The highest BCUT2D eigenvalue weighted by Gasteiger charge is 2.18. The van der Waals surface area contributed by atoms with Gasteiger partial charge in [-0.15, -0.1) is 0 Å². The molecular weight excluding hydrogens is 464 g/mol. The molecule has 0 unspecified atom stereocenters. The van der Waals surface area contributed by atoms with Gasteiger partial charge in [0.05, 0.1) is 22.1 Å². The lowest BCUT2D eigenvalue weighted by atomic mass is 10.00. The molecule has 0 spiro atoms. The zero-order valence-corrected chi connectivity index (χ0v) is 21.4. The Kier molecular flexibility index (Phi) is 4.45. The highest BCUT2D eigenvalue weighted by Crippen LogP contribution is 2.36. The minimum atomic E-state index is 0.820. The molecular formula is C34H26N4. The molecule has 0 radical (unpaired) electrons. The molecule has 38 heavy (non-hydrogen) atoms. The number of hydrogen-bond acceptors (Lipinski definition) is 2. The van der Waals surface area contributed by atoms with Crippen molar-refractivity contribution in [3.05, 3.63) is 109 Å². The highest BCUT2D eigenvalue weighted by molar-refractivity contribution is 6.24. The first-order valence-electron chi connectivity index (χ1n) is 13.2. The van der Waals surface area contributed by atoms with E-state index in [0.29, 0.717) is 0 Å². The molecule has 4 heteroatoms. The predicted molar refractivity (Wildman–Crippen MR) is 159 cm³/mol. The monoisotopic (exact) mass is 490 g/mol. The third-order valence-electron chi connectivity index (χ3n) is 8.26. The lowest BCUT2D eigenvalue weighted by Crippen LogP contribution is -2.04. The van der Waals surface area contributed by atoms with Crippen LogP contribution >= 0.6 is 0 Å². The van der Waals surface area contributed by atoms with Crippen LogP contribution in [0.4, 0.5) is 0 Å². The van der Waals surface area contributed by atoms with Crippen LogP contribution in [0.5, 0.6) is 0 Å². The van der Waals surface area contributed by atoms with Gasteiger partial charge in [-0.1, -0.05) is 97.1 Å². The maximum absolute atomic E-state index is 5.21. The van der Waals surface area contributed by atoms with E-state index in [0.717, 1.165) is 35.5 Å². The zero-order valence-electron chi connectivity index (χ0n) is 21.4. The fraction of sp³-hybridized carbons (Fsp3) is 0.118. The number of fused-ring (bicyclic) bond motifs is 12. The maximum atomic E-state index is 5.21. The van der Waals surface area contributed by atoms with Gasteiger partial charge in [0.1, 0.15) is 11.6 Å². The molecule has 2 heterocycles. The molecule has 0 aliphatic heterocycles. The molecule has 0 amide bonds. The van der Waals surface area contributed by atoms with Crippen LogP contribution in [0.15, 0.2) is 97.1 Å². The predicted octanol–water partition coefficient (Wildman–Crippen LogP) is 7.86. The van der Waals surface area contributed by atoms with Crippen molar-refractivity contribution in [3.63, 3.8) is 0 Å². The van der Waals surface area contributed by atoms with Gasteiger partial charge in [0, 0.05) is 48.5 Å². The second-order valence-electron chi connectivity index (χ2n) is 10.3. The van der Waals surface area contributed by atoms with Crippen LogP contribution in [0, 0.1) is 0 Å². The van der Waals surface area contributed by atoms with Crippen molar-refractivity contribution in [1.82, 2.24) is 19.1 Å². The van der Waals surface area contributed by atoms with E-state index in [1.807, 2.05) is 0 Å². The second kappa shape index (κ2) is 7.90. The number of hydrogen-bond donors (Lipinski definition) is 0. The molecule has 0 N–H and O–H groups in total. The SMILES string of the molecule is Cn1c(CCc2nc3c4ccccc4c4ccccc4c3n2C)nc2c3ccccc3c3ccccc3c21. The number of benzene rings is 6. The van der Waals surface area contributed by atoms with Crippen molar-refractivity contribution in [1.29, 1.82) is 0 Å². The van der Waals surface area contributed by atoms with Crippen molar-refractivity contribution in [2.24, 2.45) is 14.1 Å². The summed E-state index contributed by atoms with van der Waals surface area (Å²) in [7, 11) is 4.31. The molecule has 8 aromatic rings. The molecule has 8 rings (SSSR count). The Morgan fingerprint density at radius 3 is 1.08 bits per heavy atom. The number of nitrogens with zero attached hydrogens (tertiary/aromatic N) is 4. The normalized spacial score (nSPS) is 12.2. The van der Waals surface area contributed by atoms with Crippen molar-refractivity contribution in [3.8, 4) is 0 Å². The van der Waals surface area contributed by atoms with Crippen LogP contribution in [0.25, 0.3) is 65.2 Å². The summed E-state index contributed by atoms with van der Waals surface area (Å²) in [6, 6.07) is 34.6. The van der Waals surface area contributed by atoms with Crippen LogP contribution in [0.1, 0.15) is 11.6 Å². The highest BCUT2D eigenvalue weighted by atomic mass is 15.1. The third kappa shape index (κ3) is 2.86. The van der Waals surface area contributed by atoms with E-state index in [2.05, 4.69) is 120 Å². The first kappa shape index (κ1) is 21.4. The number of imidazole rings is 2. The Labute approximate surface area is 219 Å².